The zero-order valence-electron chi connectivity index (χ0n) is 19.0. The van der Waals surface area contributed by atoms with Crippen molar-refractivity contribution in [3.63, 3.8) is 0 Å². The summed E-state index contributed by atoms with van der Waals surface area (Å²) in [5, 5.41) is 7.18. The molecule has 0 saturated heterocycles. The molecule has 3 aromatic rings. The maximum absolute atomic E-state index is 9.81. The topological polar surface area (TPSA) is 56.2 Å². The van der Waals surface area contributed by atoms with E-state index in [1.807, 2.05) is 18.7 Å². The van der Waals surface area contributed by atoms with Crippen LogP contribution in [-0.4, -0.2) is 29.2 Å². The van der Waals surface area contributed by atoms with Gasteiger partial charge in [0.15, 0.2) is 0 Å². The highest BCUT2D eigenvalue weighted by atomic mass is 16.5. The number of hydrogen-bond donors (Lipinski definition) is 1. The van der Waals surface area contributed by atoms with Crippen LogP contribution in [0.2, 0.25) is 0 Å². The fourth-order valence-electron chi connectivity index (χ4n) is 3.94. The molecule has 5 heteroatoms. The number of ketones is 1. The lowest BCUT2D eigenvalue weighted by atomic mass is 9.95. The Morgan fingerprint density at radius 1 is 1.10 bits per heavy atom. The predicted octanol–water partition coefficient (Wildman–Crippen LogP) is 5.90. The number of anilines is 1. The molecule has 1 aliphatic carbocycles. The molecule has 0 amide bonds. The summed E-state index contributed by atoms with van der Waals surface area (Å²) in [6, 6.07) is 17.6. The number of ether oxygens (including phenoxy) is 1. The first-order valence-electron chi connectivity index (χ1n) is 11.1. The minimum absolute atomic E-state index is 0.255. The van der Waals surface area contributed by atoms with Gasteiger partial charge >= 0.3 is 0 Å². The van der Waals surface area contributed by atoms with Crippen LogP contribution in [0, 0.1) is 0 Å². The van der Waals surface area contributed by atoms with Crippen LogP contribution in [0.5, 0.6) is 5.88 Å². The van der Waals surface area contributed by atoms with Gasteiger partial charge in [-0.2, -0.15) is 5.10 Å². The minimum Gasteiger partial charge on any atom is -0.476 e. The van der Waals surface area contributed by atoms with E-state index in [9.17, 15) is 4.79 Å². The number of aryl methyl sites for hydroxylation is 1. The Bertz CT molecular complexity index is 950. The molecule has 2 aliphatic rings. The minimum atomic E-state index is 0.255. The lowest BCUT2D eigenvalue weighted by Gasteiger charge is -2.15. The number of nitrogens with one attached hydrogen (secondary N) is 1. The number of carbonyl (C=O) groups excluding carboxylic acids is 1. The molecular weight excluding hydrogens is 386 g/mol. The maximum atomic E-state index is 9.81. The Hall–Kier alpha value is -3.08. The van der Waals surface area contributed by atoms with E-state index in [1.165, 1.54) is 28.7 Å². The van der Waals surface area contributed by atoms with E-state index in [1.54, 1.807) is 13.1 Å². The number of Topliss-reactive ketones (excluding diaryl/α,β-unsaturated/α-hetero) is 1. The molecule has 1 aromatic heterocycles. The highest BCUT2D eigenvalue weighted by Gasteiger charge is 2.25. The summed E-state index contributed by atoms with van der Waals surface area (Å²) in [6.07, 6.45) is 4.70. The Morgan fingerprint density at radius 3 is 2.19 bits per heavy atom. The summed E-state index contributed by atoms with van der Waals surface area (Å²) in [6.45, 7) is 7.48. The van der Waals surface area contributed by atoms with Crippen LogP contribution >= 0.6 is 0 Å². The van der Waals surface area contributed by atoms with Crippen molar-refractivity contribution in [1.29, 1.82) is 0 Å². The van der Waals surface area contributed by atoms with Gasteiger partial charge in [0.25, 0.3) is 0 Å². The molecule has 0 saturated carbocycles. The molecule has 1 N–H and O–H groups in total. The first-order chi connectivity index (χ1) is 15.1. The number of rotatable bonds is 3. The van der Waals surface area contributed by atoms with Gasteiger partial charge in [-0.1, -0.05) is 62.4 Å². The molecule has 164 valence electrons. The summed E-state index contributed by atoms with van der Waals surface area (Å²) in [4.78, 5) is 9.81. The van der Waals surface area contributed by atoms with E-state index in [-0.39, 0.29) is 5.78 Å². The van der Waals surface area contributed by atoms with Gasteiger partial charge in [-0.25, -0.2) is 4.68 Å². The molecule has 2 aromatic carbocycles. The van der Waals surface area contributed by atoms with Crippen LogP contribution in [0.25, 0.3) is 11.1 Å². The Kier molecular flexibility index (Phi) is 7.88. The average molecular weight is 420 g/mol. The van der Waals surface area contributed by atoms with E-state index in [0.717, 1.165) is 31.1 Å². The smallest absolute Gasteiger partial charge is 0.235 e. The van der Waals surface area contributed by atoms with Gasteiger partial charge in [-0.05, 0) is 35.6 Å². The van der Waals surface area contributed by atoms with Crippen LogP contribution in [0.1, 0.15) is 57.1 Å². The number of nitrogens with zero attached hydrogens (tertiary/aromatic N) is 2. The Balaban J connectivity index is 0.000000150. The first-order valence-corrected chi connectivity index (χ1v) is 11.1. The van der Waals surface area contributed by atoms with Gasteiger partial charge in [-0.15, -0.1) is 0 Å². The third kappa shape index (κ3) is 5.16. The summed E-state index contributed by atoms with van der Waals surface area (Å²) in [5.41, 5.74) is 6.84. The second kappa shape index (κ2) is 10.8. The molecule has 0 atom stereocenters. The van der Waals surface area contributed by atoms with Gasteiger partial charge < -0.3 is 14.8 Å². The van der Waals surface area contributed by atoms with E-state index in [2.05, 4.69) is 65.9 Å². The van der Waals surface area contributed by atoms with Crippen molar-refractivity contribution >= 4 is 11.5 Å². The molecule has 0 unspecified atom stereocenters. The zero-order chi connectivity index (χ0) is 22.2. The Labute approximate surface area is 185 Å². The number of fused-ring (bicyclic) bond motifs is 4. The number of benzene rings is 2. The van der Waals surface area contributed by atoms with E-state index < -0.39 is 0 Å². The monoisotopic (exact) mass is 419 g/mol. The molecule has 2 heterocycles. The lowest BCUT2D eigenvalue weighted by molar-refractivity contribution is -0.116. The number of hydrogen-bond acceptors (Lipinski definition) is 4. The molecule has 0 fully saturated rings. The van der Waals surface area contributed by atoms with Crippen molar-refractivity contribution < 1.29 is 9.53 Å². The molecular formula is C26H33N3O2. The largest absolute Gasteiger partial charge is 0.476 e. The average Bonchev–Trinajstić information content (AvgIpc) is 3.38. The maximum Gasteiger partial charge on any atom is 0.235 e. The van der Waals surface area contributed by atoms with Gasteiger partial charge in [-0.3, -0.25) is 0 Å². The Morgan fingerprint density at radius 2 is 1.68 bits per heavy atom. The second-order valence-corrected chi connectivity index (χ2v) is 7.73. The summed E-state index contributed by atoms with van der Waals surface area (Å²) >= 11 is 0. The lowest BCUT2D eigenvalue weighted by Crippen LogP contribution is -2.15. The highest BCUT2D eigenvalue weighted by Crippen LogP contribution is 2.45. The SMILES string of the molecule is CCC(C)=O.CCC1c2ccccc2-c2ccccc21.CNc1cnn2c1OCCC2. The third-order valence-electron chi connectivity index (χ3n) is 5.68. The number of carbonyl (C=O) groups is 1. The quantitative estimate of drug-likeness (QED) is 0.574. The van der Waals surface area contributed by atoms with Crippen molar-refractivity contribution in [2.45, 2.75) is 52.5 Å². The summed E-state index contributed by atoms with van der Waals surface area (Å²) in [5.74, 6) is 1.74. The van der Waals surface area contributed by atoms with Crippen LogP contribution in [0.3, 0.4) is 0 Å². The van der Waals surface area contributed by atoms with Crippen molar-refractivity contribution in [2.75, 3.05) is 19.0 Å². The van der Waals surface area contributed by atoms with Crippen LogP contribution in [-0.2, 0) is 11.3 Å². The second-order valence-electron chi connectivity index (χ2n) is 7.73. The molecule has 5 nitrogen and oxygen atoms in total. The van der Waals surface area contributed by atoms with Crippen LogP contribution in [0.15, 0.2) is 54.7 Å². The predicted molar refractivity (Wildman–Crippen MR) is 127 cm³/mol. The van der Waals surface area contributed by atoms with Gasteiger partial charge in [0.1, 0.15) is 11.5 Å². The molecule has 0 bridgehead atoms. The van der Waals surface area contributed by atoms with Crippen LogP contribution in [0.4, 0.5) is 5.69 Å². The fraction of sp³-hybridized carbons (Fsp3) is 0.385. The molecule has 0 radical (unpaired) electrons. The van der Waals surface area contributed by atoms with Crippen molar-refractivity contribution in [1.82, 2.24) is 9.78 Å². The summed E-state index contributed by atoms with van der Waals surface area (Å²) in [7, 11) is 1.87. The highest BCUT2D eigenvalue weighted by molar-refractivity contribution is 5.78. The van der Waals surface area contributed by atoms with E-state index in [0.29, 0.717) is 12.3 Å². The molecule has 0 spiro atoms. The van der Waals surface area contributed by atoms with Gasteiger partial charge in [0, 0.05) is 32.4 Å². The molecule has 1 aliphatic heterocycles. The number of aromatic nitrogens is 2. The van der Waals surface area contributed by atoms with Gasteiger partial charge in [0.2, 0.25) is 5.88 Å². The standard InChI is InChI=1S/C15H14.C7H11N3O.C4H8O/c1-2-11-12-7-3-5-9-14(12)15-10-6-4-8-13(11)15;1-8-6-5-9-10-3-2-4-11-7(6)10;1-3-4(2)5/h3-11H,2H2,1H3;5,8H,2-4H2,1H3;3H2,1-2H3. The normalized spacial score (nSPS) is 13.3. The molecule has 31 heavy (non-hydrogen) atoms. The summed E-state index contributed by atoms with van der Waals surface area (Å²) < 4.78 is 7.31. The zero-order valence-corrected chi connectivity index (χ0v) is 19.0. The van der Waals surface area contributed by atoms with Crippen molar-refractivity contribution in [2.24, 2.45) is 0 Å². The van der Waals surface area contributed by atoms with Gasteiger partial charge in [0.05, 0.1) is 12.8 Å². The van der Waals surface area contributed by atoms with E-state index >= 15 is 0 Å². The van der Waals surface area contributed by atoms with E-state index in [4.69, 9.17) is 4.74 Å². The van der Waals surface area contributed by atoms with Crippen molar-refractivity contribution in [3.05, 3.63) is 65.9 Å². The van der Waals surface area contributed by atoms with Crippen molar-refractivity contribution in [3.8, 4) is 17.0 Å². The van der Waals surface area contributed by atoms with Crippen LogP contribution < -0.4 is 10.1 Å². The third-order valence-corrected chi connectivity index (χ3v) is 5.68. The fourth-order valence-corrected chi connectivity index (χ4v) is 3.94. The molecule has 5 rings (SSSR count). The first kappa shape index (κ1) is 22.6.